The quantitative estimate of drug-likeness (QED) is 0.285. The van der Waals surface area contributed by atoms with Crippen LogP contribution in [0.1, 0.15) is 89.5 Å². The number of ether oxygens (including phenoxy) is 1. The number of unbranched alkanes of at least 4 members (excludes halogenated alkanes) is 3. The molecule has 0 radical (unpaired) electrons. The van der Waals surface area contributed by atoms with Crippen LogP contribution in [0.4, 0.5) is 4.79 Å². The minimum Gasteiger partial charge on any atom is -0.444 e. The highest BCUT2D eigenvalue weighted by molar-refractivity contribution is 5.92. The Labute approximate surface area is 234 Å². The lowest BCUT2D eigenvalue weighted by molar-refractivity contribution is -0.142. The molecule has 0 spiro atoms. The van der Waals surface area contributed by atoms with E-state index in [0.29, 0.717) is 13.1 Å². The van der Waals surface area contributed by atoms with Crippen molar-refractivity contribution in [1.82, 2.24) is 15.5 Å². The molecule has 0 saturated heterocycles. The van der Waals surface area contributed by atoms with Crippen molar-refractivity contribution in [2.75, 3.05) is 13.1 Å². The zero-order valence-corrected chi connectivity index (χ0v) is 24.6. The van der Waals surface area contributed by atoms with Crippen molar-refractivity contribution in [1.29, 1.82) is 0 Å². The summed E-state index contributed by atoms with van der Waals surface area (Å²) < 4.78 is 5.51. The highest BCUT2D eigenvalue weighted by Gasteiger charge is 2.36. The van der Waals surface area contributed by atoms with Gasteiger partial charge in [-0.3, -0.25) is 9.59 Å². The van der Waals surface area contributed by atoms with Gasteiger partial charge in [-0.25, -0.2) is 4.79 Å². The number of carbonyl (C=O) groups excluding carboxylic acids is 3. The van der Waals surface area contributed by atoms with Crippen molar-refractivity contribution in [3.63, 3.8) is 0 Å². The van der Waals surface area contributed by atoms with Crippen molar-refractivity contribution in [2.45, 2.75) is 97.8 Å². The molecular weight excluding hydrogens is 490 g/mol. The van der Waals surface area contributed by atoms with E-state index in [1.165, 1.54) is 0 Å². The van der Waals surface area contributed by atoms with Crippen LogP contribution < -0.4 is 10.6 Å². The van der Waals surface area contributed by atoms with Gasteiger partial charge in [0, 0.05) is 19.5 Å². The molecule has 0 fully saturated rings. The molecule has 2 N–H and O–H groups in total. The van der Waals surface area contributed by atoms with Gasteiger partial charge in [0.05, 0.1) is 0 Å². The van der Waals surface area contributed by atoms with E-state index in [1.807, 2.05) is 61.5 Å². The number of alkyl carbamates (subject to hydrolysis) is 1. The van der Waals surface area contributed by atoms with Crippen molar-refractivity contribution in [2.24, 2.45) is 0 Å². The molecule has 2 aromatic carbocycles. The minimum absolute atomic E-state index is 0.210. The molecule has 2 rings (SSSR count). The monoisotopic (exact) mass is 537 g/mol. The number of nitrogens with one attached hydrogen (secondary N) is 2. The summed E-state index contributed by atoms with van der Waals surface area (Å²) in [4.78, 5) is 42.6. The minimum atomic E-state index is -0.904. The molecule has 2 atom stereocenters. The first-order chi connectivity index (χ1) is 18.6. The molecule has 7 heteroatoms. The van der Waals surface area contributed by atoms with Gasteiger partial charge in [-0.1, -0.05) is 87.7 Å². The number of aryl methyl sites for hydroxylation is 1. The fourth-order valence-electron chi connectivity index (χ4n) is 4.43. The van der Waals surface area contributed by atoms with Crippen LogP contribution in [-0.2, 0) is 20.7 Å². The summed E-state index contributed by atoms with van der Waals surface area (Å²) in [5.74, 6) is -0.516. The van der Waals surface area contributed by atoms with Crippen molar-refractivity contribution in [3.05, 3.63) is 71.3 Å². The number of carbonyl (C=O) groups is 3. The first kappa shape index (κ1) is 31.9. The average Bonchev–Trinajstić information content (AvgIpc) is 2.88. The molecule has 0 aromatic heterocycles. The Morgan fingerprint density at radius 3 is 2.15 bits per heavy atom. The molecule has 39 heavy (non-hydrogen) atoms. The lowest BCUT2D eigenvalue weighted by Crippen LogP contribution is -2.54. The second-order valence-corrected chi connectivity index (χ2v) is 11.0. The fraction of sp³-hybridized carbons (Fsp3) is 0.531. The largest absolute Gasteiger partial charge is 0.444 e. The molecule has 2 unspecified atom stereocenters. The molecule has 214 valence electrons. The Hall–Kier alpha value is -3.35. The first-order valence-corrected chi connectivity index (χ1v) is 14.2. The molecule has 0 bridgehead atoms. The van der Waals surface area contributed by atoms with Crippen LogP contribution in [0, 0.1) is 6.92 Å². The third-order valence-electron chi connectivity index (χ3n) is 6.43. The van der Waals surface area contributed by atoms with Crippen molar-refractivity contribution >= 4 is 17.9 Å². The maximum absolute atomic E-state index is 14.4. The zero-order valence-electron chi connectivity index (χ0n) is 24.6. The van der Waals surface area contributed by atoms with E-state index in [-0.39, 0.29) is 18.2 Å². The number of nitrogens with zero attached hydrogens (tertiary/aromatic N) is 1. The van der Waals surface area contributed by atoms with Gasteiger partial charge < -0.3 is 20.3 Å². The molecule has 2 aromatic rings. The van der Waals surface area contributed by atoms with E-state index in [9.17, 15) is 14.4 Å². The highest BCUT2D eigenvalue weighted by Crippen LogP contribution is 2.27. The summed E-state index contributed by atoms with van der Waals surface area (Å²) in [5.41, 5.74) is 1.90. The van der Waals surface area contributed by atoms with Crippen LogP contribution in [0.5, 0.6) is 0 Å². The maximum Gasteiger partial charge on any atom is 0.408 e. The summed E-state index contributed by atoms with van der Waals surface area (Å²) in [5, 5.41) is 5.87. The van der Waals surface area contributed by atoms with Gasteiger partial charge in [0.1, 0.15) is 17.7 Å². The van der Waals surface area contributed by atoms with Gasteiger partial charge in [-0.15, -0.1) is 0 Å². The van der Waals surface area contributed by atoms with Gasteiger partial charge in [0.15, 0.2) is 0 Å². The third kappa shape index (κ3) is 10.7. The second kappa shape index (κ2) is 15.9. The first-order valence-electron chi connectivity index (χ1n) is 14.2. The molecule has 0 aliphatic rings. The lowest BCUT2D eigenvalue weighted by Gasteiger charge is -2.35. The van der Waals surface area contributed by atoms with Gasteiger partial charge in [0.25, 0.3) is 0 Å². The van der Waals surface area contributed by atoms with Crippen molar-refractivity contribution < 1.29 is 19.1 Å². The van der Waals surface area contributed by atoms with Crippen LogP contribution in [-0.4, -0.2) is 47.5 Å². The summed E-state index contributed by atoms with van der Waals surface area (Å²) >= 11 is 0. The number of hydrogen-bond donors (Lipinski definition) is 2. The molecule has 0 saturated carbocycles. The number of benzene rings is 2. The topological polar surface area (TPSA) is 87.7 Å². The van der Waals surface area contributed by atoms with E-state index in [2.05, 4.69) is 24.5 Å². The number of amides is 3. The van der Waals surface area contributed by atoms with Gasteiger partial charge in [-0.05, 0) is 57.2 Å². The number of hydrogen-bond acceptors (Lipinski definition) is 4. The molecular formula is C32H47N3O4. The van der Waals surface area contributed by atoms with E-state index in [1.54, 1.807) is 25.7 Å². The Morgan fingerprint density at radius 1 is 0.897 bits per heavy atom. The molecule has 0 heterocycles. The summed E-state index contributed by atoms with van der Waals surface area (Å²) in [7, 11) is 0. The third-order valence-corrected chi connectivity index (χ3v) is 6.43. The zero-order chi connectivity index (χ0) is 28.8. The standard InChI is InChI=1S/C32H47N3O4/c1-7-9-16-22-35(28(29(36)33-21-10-8-2)26-20-15-14-17-24(26)3)30(37)27(23-25-18-12-11-13-19-25)34-31(38)39-32(4,5)6/h11-15,17-20,27-28H,7-10,16,21-23H2,1-6H3,(H,33,36)(H,34,38). The van der Waals surface area contributed by atoms with Crippen LogP contribution in [0.25, 0.3) is 0 Å². The van der Waals surface area contributed by atoms with E-state index in [4.69, 9.17) is 4.74 Å². The molecule has 7 nitrogen and oxygen atoms in total. The van der Waals surface area contributed by atoms with Crippen LogP contribution in [0.2, 0.25) is 0 Å². The predicted octanol–water partition coefficient (Wildman–Crippen LogP) is 6.11. The van der Waals surface area contributed by atoms with E-state index in [0.717, 1.165) is 48.8 Å². The highest BCUT2D eigenvalue weighted by atomic mass is 16.6. The van der Waals surface area contributed by atoms with Gasteiger partial charge in [-0.2, -0.15) is 0 Å². The molecule has 0 aliphatic heterocycles. The van der Waals surface area contributed by atoms with Crippen molar-refractivity contribution in [3.8, 4) is 0 Å². The molecule has 3 amide bonds. The molecule has 0 aliphatic carbocycles. The lowest BCUT2D eigenvalue weighted by atomic mass is 9.96. The Kier molecular flexibility index (Phi) is 13.0. The van der Waals surface area contributed by atoms with Gasteiger partial charge >= 0.3 is 6.09 Å². The Balaban J connectivity index is 2.52. The Bertz CT molecular complexity index is 1050. The van der Waals surface area contributed by atoms with E-state index < -0.39 is 23.8 Å². The number of rotatable bonds is 14. The predicted molar refractivity (Wildman–Crippen MR) is 156 cm³/mol. The average molecular weight is 538 g/mol. The SMILES string of the molecule is CCCCCN(C(=O)C(Cc1ccccc1)NC(=O)OC(C)(C)C)C(C(=O)NCCCC)c1ccccc1C. The maximum atomic E-state index is 14.4. The smallest absolute Gasteiger partial charge is 0.408 e. The second-order valence-electron chi connectivity index (χ2n) is 11.0. The summed E-state index contributed by atoms with van der Waals surface area (Å²) in [6.45, 7) is 12.4. The van der Waals surface area contributed by atoms with Crippen LogP contribution >= 0.6 is 0 Å². The van der Waals surface area contributed by atoms with Gasteiger partial charge in [0.2, 0.25) is 11.8 Å². The Morgan fingerprint density at radius 2 is 1.54 bits per heavy atom. The van der Waals surface area contributed by atoms with Crippen LogP contribution in [0.3, 0.4) is 0 Å². The van der Waals surface area contributed by atoms with Crippen LogP contribution in [0.15, 0.2) is 54.6 Å². The fourth-order valence-corrected chi connectivity index (χ4v) is 4.43. The summed E-state index contributed by atoms with van der Waals surface area (Å²) in [6, 6.07) is 15.5. The van der Waals surface area contributed by atoms with E-state index >= 15 is 0 Å². The normalized spacial score (nSPS) is 12.8. The summed E-state index contributed by atoms with van der Waals surface area (Å²) in [6.07, 6.45) is 4.07.